The van der Waals surface area contributed by atoms with Gasteiger partial charge in [0.05, 0.1) is 6.61 Å². The molecule has 0 radical (unpaired) electrons. The predicted molar refractivity (Wildman–Crippen MR) is 103 cm³/mol. The van der Waals surface area contributed by atoms with E-state index in [4.69, 9.17) is 4.74 Å². The average Bonchev–Trinajstić information content (AvgIpc) is 3.34. The summed E-state index contributed by atoms with van der Waals surface area (Å²) in [6, 6.07) is 9.93. The second-order valence-electron chi connectivity index (χ2n) is 5.53. The van der Waals surface area contributed by atoms with Crippen LogP contribution >= 0.6 is 24.0 Å². The van der Waals surface area contributed by atoms with Crippen molar-refractivity contribution in [1.29, 1.82) is 0 Å². The molecule has 1 fully saturated rings. The molecule has 5 heteroatoms. The van der Waals surface area contributed by atoms with E-state index in [-0.39, 0.29) is 24.0 Å². The Hall–Kier alpha value is -0.980. The standard InChI is InChI=1S/C17H27N3O.HI/c1-18-17(19-12-5-7-15-10-11-15)20-13-6-14-21-16-8-3-2-4-9-16;/h2-4,8-9,15H,5-7,10-14H2,1H3,(H2,18,19,20);1H. The zero-order valence-corrected chi connectivity index (χ0v) is 15.7. The minimum Gasteiger partial charge on any atom is -0.494 e. The maximum atomic E-state index is 5.65. The van der Waals surface area contributed by atoms with Crippen LogP contribution in [0.2, 0.25) is 0 Å². The van der Waals surface area contributed by atoms with Gasteiger partial charge in [0, 0.05) is 20.1 Å². The second-order valence-corrected chi connectivity index (χ2v) is 5.53. The molecule has 0 unspecified atom stereocenters. The van der Waals surface area contributed by atoms with Crippen LogP contribution in [0.15, 0.2) is 35.3 Å². The molecule has 1 aliphatic rings. The molecule has 1 aromatic rings. The summed E-state index contributed by atoms with van der Waals surface area (Å²) in [4.78, 5) is 4.23. The largest absolute Gasteiger partial charge is 0.494 e. The predicted octanol–water partition coefficient (Wildman–Crippen LogP) is 3.43. The van der Waals surface area contributed by atoms with Crippen molar-refractivity contribution in [1.82, 2.24) is 10.6 Å². The number of guanidine groups is 1. The normalized spacial score (nSPS) is 14.1. The van der Waals surface area contributed by atoms with Gasteiger partial charge >= 0.3 is 0 Å². The Bertz CT molecular complexity index is 421. The number of hydrogen-bond donors (Lipinski definition) is 2. The van der Waals surface area contributed by atoms with Crippen molar-refractivity contribution in [2.75, 3.05) is 26.7 Å². The van der Waals surface area contributed by atoms with Crippen LogP contribution in [0.25, 0.3) is 0 Å². The first kappa shape index (κ1) is 19.1. The van der Waals surface area contributed by atoms with Gasteiger partial charge in [0.15, 0.2) is 5.96 Å². The Morgan fingerprint density at radius 3 is 2.45 bits per heavy atom. The monoisotopic (exact) mass is 417 g/mol. The van der Waals surface area contributed by atoms with E-state index in [2.05, 4.69) is 15.6 Å². The fraction of sp³-hybridized carbons (Fsp3) is 0.588. The summed E-state index contributed by atoms with van der Waals surface area (Å²) in [6.07, 6.45) is 6.43. The molecule has 1 aliphatic carbocycles. The minimum absolute atomic E-state index is 0. The summed E-state index contributed by atoms with van der Waals surface area (Å²) in [7, 11) is 1.82. The quantitative estimate of drug-likeness (QED) is 0.280. The van der Waals surface area contributed by atoms with Gasteiger partial charge in [0.1, 0.15) is 5.75 Å². The van der Waals surface area contributed by atoms with Crippen LogP contribution in [0.3, 0.4) is 0 Å². The van der Waals surface area contributed by atoms with Crippen LogP contribution in [0.1, 0.15) is 32.1 Å². The molecule has 0 heterocycles. The van der Waals surface area contributed by atoms with Gasteiger partial charge in [-0.3, -0.25) is 4.99 Å². The highest BCUT2D eigenvalue weighted by Gasteiger charge is 2.19. The topological polar surface area (TPSA) is 45.7 Å². The molecule has 0 atom stereocenters. The fourth-order valence-corrected chi connectivity index (χ4v) is 2.21. The van der Waals surface area contributed by atoms with Crippen molar-refractivity contribution in [2.24, 2.45) is 10.9 Å². The Balaban J connectivity index is 0.00000242. The Morgan fingerprint density at radius 1 is 1.14 bits per heavy atom. The molecule has 0 saturated heterocycles. The number of benzene rings is 1. The van der Waals surface area contributed by atoms with Gasteiger partial charge in [-0.2, -0.15) is 0 Å². The van der Waals surface area contributed by atoms with E-state index in [9.17, 15) is 0 Å². The fourth-order valence-electron chi connectivity index (χ4n) is 2.21. The first-order chi connectivity index (χ1) is 10.4. The van der Waals surface area contributed by atoms with Crippen molar-refractivity contribution in [3.05, 3.63) is 30.3 Å². The van der Waals surface area contributed by atoms with Gasteiger partial charge in [-0.25, -0.2) is 0 Å². The average molecular weight is 417 g/mol. The number of rotatable bonds is 9. The molecule has 2 N–H and O–H groups in total. The van der Waals surface area contributed by atoms with E-state index in [1.807, 2.05) is 37.4 Å². The number of aliphatic imine (C=N–C) groups is 1. The summed E-state index contributed by atoms with van der Waals surface area (Å²) < 4.78 is 5.65. The van der Waals surface area contributed by atoms with Crippen LogP contribution < -0.4 is 15.4 Å². The molecule has 124 valence electrons. The lowest BCUT2D eigenvalue weighted by Crippen LogP contribution is -2.38. The van der Waals surface area contributed by atoms with E-state index in [0.29, 0.717) is 0 Å². The van der Waals surface area contributed by atoms with Crippen LogP contribution in [0, 0.1) is 5.92 Å². The van der Waals surface area contributed by atoms with Crippen LogP contribution in [0.4, 0.5) is 0 Å². The number of nitrogens with zero attached hydrogens (tertiary/aromatic N) is 1. The van der Waals surface area contributed by atoms with Crippen molar-refractivity contribution < 1.29 is 4.74 Å². The maximum absolute atomic E-state index is 5.65. The Kier molecular flexibility index (Phi) is 10.0. The summed E-state index contributed by atoms with van der Waals surface area (Å²) in [6.45, 7) is 2.60. The summed E-state index contributed by atoms with van der Waals surface area (Å²) >= 11 is 0. The van der Waals surface area contributed by atoms with Gasteiger partial charge in [-0.05, 0) is 37.3 Å². The van der Waals surface area contributed by atoms with E-state index < -0.39 is 0 Å². The van der Waals surface area contributed by atoms with E-state index in [1.54, 1.807) is 0 Å². The van der Waals surface area contributed by atoms with E-state index in [0.717, 1.165) is 43.7 Å². The Labute approximate surface area is 151 Å². The molecule has 2 rings (SSSR count). The molecule has 0 aromatic heterocycles. The molecule has 22 heavy (non-hydrogen) atoms. The van der Waals surface area contributed by atoms with E-state index in [1.165, 1.54) is 25.7 Å². The zero-order valence-electron chi connectivity index (χ0n) is 13.4. The van der Waals surface area contributed by atoms with Gasteiger partial charge in [0.2, 0.25) is 0 Å². The van der Waals surface area contributed by atoms with Crippen LogP contribution in [0.5, 0.6) is 5.75 Å². The van der Waals surface area contributed by atoms with Crippen molar-refractivity contribution in [3.8, 4) is 5.75 Å². The lowest BCUT2D eigenvalue weighted by molar-refractivity contribution is 0.311. The zero-order chi connectivity index (χ0) is 14.8. The number of nitrogens with one attached hydrogen (secondary N) is 2. The summed E-state index contributed by atoms with van der Waals surface area (Å²) in [5, 5.41) is 6.68. The third kappa shape index (κ3) is 8.46. The smallest absolute Gasteiger partial charge is 0.190 e. The van der Waals surface area contributed by atoms with Crippen LogP contribution in [-0.4, -0.2) is 32.7 Å². The number of hydrogen-bond acceptors (Lipinski definition) is 2. The van der Waals surface area contributed by atoms with Crippen molar-refractivity contribution in [2.45, 2.75) is 32.1 Å². The van der Waals surface area contributed by atoms with Crippen molar-refractivity contribution in [3.63, 3.8) is 0 Å². The molecule has 0 amide bonds. The molecular formula is C17H28IN3O. The highest BCUT2D eigenvalue weighted by Crippen LogP contribution is 2.33. The number of ether oxygens (including phenoxy) is 1. The Morgan fingerprint density at radius 2 is 1.82 bits per heavy atom. The lowest BCUT2D eigenvalue weighted by Gasteiger charge is -2.12. The number of para-hydroxylation sites is 1. The minimum atomic E-state index is 0. The third-order valence-corrected chi connectivity index (χ3v) is 3.63. The maximum Gasteiger partial charge on any atom is 0.190 e. The van der Waals surface area contributed by atoms with Gasteiger partial charge in [-0.1, -0.05) is 31.0 Å². The molecule has 0 bridgehead atoms. The molecule has 0 aliphatic heterocycles. The highest BCUT2D eigenvalue weighted by molar-refractivity contribution is 14.0. The van der Waals surface area contributed by atoms with Crippen molar-refractivity contribution >= 4 is 29.9 Å². The molecular weight excluding hydrogens is 389 g/mol. The second kappa shape index (κ2) is 11.6. The summed E-state index contributed by atoms with van der Waals surface area (Å²) in [5.41, 5.74) is 0. The molecule has 0 spiro atoms. The SMILES string of the molecule is CN=C(NCCCOc1ccccc1)NCCCC1CC1.I. The molecule has 1 saturated carbocycles. The first-order valence-electron chi connectivity index (χ1n) is 8.01. The molecule has 1 aromatic carbocycles. The molecule has 4 nitrogen and oxygen atoms in total. The van der Waals surface area contributed by atoms with Crippen LogP contribution in [-0.2, 0) is 0 Å². The first-order valence-corrected chi connectivity index (χ1v) is 8.01. The van der Waals surface area contributed by atoms with E-state index >= 15 is 0 Å². The van der Waals surface area contributed by atoms with Gasteiger partial charge < -0.3 is 15.4 Å². The van der Waals surface area contributed by atoms with Gasteiger partial charge in [0.25, 0.3) is 0 Å². The third-order valence-electron chi connectivity index (χ3n) is 3.63. The number of halogens is 1. The highest BCUT2D eigenvalue weighted by atomic mass is 127. The lowest BCUT2D eigenvalue weighted by atomic mass is 10.2. The van der Waals surface area contributed by atoms with Gasteiger partial charge in [-0.15, -0.1) is 24.0 Å². The summed E-state index contributed by atoms with van der Waals surface area (Å²) in [5.74, 6) is 2.84.